The van der Waals surface area contributed by atoms with Crippen molar-refractivity contribution in [1.29, 1.82) is 5.26 Å². The second kappa shape index (κ2) is 4.57. The Bertz CT molecular complexity index is 991. The minimum atomic E-state index is -0.192. The third kappa shape index (κ3) is 1.79. The van der Waals surface area contributed by atoms with Gasteiger partial charge in [-0.1, -0.05) is 24.3 Å². The third-order valence-corrected chi connectivity index (χ3v) is 3.74. The van der Waals surface area contributed by atoms with Crippen molar-refractivity contribution in [2.24, 2.45) is 0 Å². The molecule has 1 aromatic heterocycles. The number of H-pyrrole nitrogens is 1. The molecule has 2 heterocycles. The number of hydrogen-bond acceptors (Lipinski definition) is 3. The molecule has 0 spiro atoms. The smallest absolute Gasteiger partial charge is 0.256 e. The van der Waals surface area contributed by atoms with Gasteiger partial charge < -0.3 is 5.32 Å². The molecule has 4 rings (SSSR count). The molecule has 104 valence electrons. The molecule has 1 amide bonds. The molecule has 0 radical (unpaired) electrons. The van der Waals surface area contributed by atoms with E-state index in [0.717, 1.165) is 22.0 Å². The van der Waals surface area contributed by atoms with E-state index in [1.165, 1.54) is 0 Å². The first-order chi connectivity index (χ1) is 10.8. The molecule has 1 aliphatic heterocycles. The summed E-state index contributed by atoms with van der Waals surface area (Å²) in [5.74, 6) is -0.192. The average molecular weight is 286 g/mol. The van der Waals surface area contributed by atoms with E-state index >= 15 is 0 Å². The van der Waals surface area contributed by atoms with Crippen LogP contribution in [0.1, 0.15) is 16.7 Å². The molecule has 0 aliphatic carbocycles. The number of hydrogen-bond donors (Lipinski definition) is 2. The van der Waals surface area contributed by atoms with E-state index in [4.69, 9.17) is 5.26 Å². The van der Waals surface area contributed by atoms with Crippen LogP contribution in [0, 0.1) is 11.3 Å². The van der Waals surface area contributed by atoms with Crippen molar-refractivity contribution in [1.82, 2.24) is 10.2 Å². The zero-order chi connectivity index (χ0) is 15.1. The van der Waals surface area contributed by atoms with Gasteiger partial charge >= 0.3 is 0 Å². The van der Waals surface area contributed by atoms with E-state index in [9.17, 15) is 4.79 Å². The van der Waals surface area contributed by atoms with Crippen LogP contribution in [0.4, 0.5) is 5.69 Å². The van der Waals surface area contributed by atoms with Crippen LogP contribution in [-0.4, -0.2) is 16.1 Å². The zero-order valence-corrected chi connectivity index (χ0v) is 11.4. The summed E-state index contributed by atoms with van der Waals surface area (Å²) in [5, 5.41) is 19.8. The normalized spacial score (nSPS) is 14.9. The van der Waals surface area contributed by atoms with Gasteiger partial charge in [0.05, 0.1) is 23.0 Å². The molecule has 3 aromatic rings. The monoisotopic (exact) mass is 286 g/mol. The molecule has 0 atom stereocenters. The summed E-state index contributed by atoms with van der Waals surface area (Å²) in [6.45, 7) is 0. The number of anilines is 1. The van der Waals surface area contributed by atoms with E-state index < -0.39 is 0 Å². The number of benzene rings is 2. The maximum Gasteiger partial charge on any atom is 0.256 e. The summed E-state index contributed by atoms with van der Waals surface area (Å²) in [7, 11) is 0. The third-order valence-electron chi connectivity index (χ3n) is 3.74. The van der Waals surface area contributed by atoms with Crippen LogP contribution in [0.3, 0.4) is 0 Å². The number of aromatic nitrogens is 2. The molecular formula is C17H10N4O. The Balaban J connectivity index is 1.86. The first-order valence-corrected chi connectivity index (χ1v) is 6.76. The van der Waals surface area contributed by atoms with Crippen LogP contribution in [0.25, 0.3) is 22.6 Å². The van der Waals surface area contributed by atoms with Crippen molar-refractivity contribution in [3.05, 3.63) is 59.3 Å². The van der Waals surface area contributed by atoms with Crippen molar-refractivity contribution in [2.45, 2.75) is 0 Å². The van der Waals surface area contributed by atoms with E-state index in [1.807, 2.05) is 30.3 Å². The summed E-state index contributed by atoms with van der Waals surface area (Å²) in [5.41, 5.74) is 4.19. The molecule has 0 fully saturated rings. The Morgan fingerprint density at radius 2 is 2.14 bits per heavy atom. The van der Waals surface area contributed by atoms with Gasteiger partial charge in [0.25, 0.3) is 5.91 Å². The Morgan fingerprint density at radius 1 is 1.23 bits per heavy atom. The van der Waals surface area contributed by atoms with Crippen molar-refractivity contribution in [2.75, 3.05) is 5.32 Å². The van der Waals surface area contributed by atoms with Crippen molar-refractivity contribution in [3.63, 3.8) is 0 Å². The van der Waals surface area contributed by atoms with Crippen LogP contribution in [0.2, 0.25) is 0 Å². The molecule has 0 bridgehead atoms. The molecule has 0 saturated heterocycles. The Labute approximate surface area is 125 Å². The summed E-state index contributed by atoms with van der Waals surface area (Å²) in [6.07, 6.45) is 3.58. The number of nitriles is 1. The molecule has 5 nitrogen and oxygen atoms in total. The summed E-state index contributed by atoms with van der Waals surface area (Å²) in [6, 6.07) is 13.2. The number of nitrogens with one attached hydrogen (secondary N) is 2. The molecule has 0 saturated carbocycles. The fraction of sp³-hybridized carbons (Fsp3) is 0. The Morgan fingerprint density at radius 3 is 3.00 bits per heavy atom. The molecule has 2 aromatic carbocycles. The zero-order valence-electron chi connectivity index (χ0n) is 11.4. The van der Waals surface area contributed by atoms with Gasteiger partial charge in [0.2, 0.25) is 0 Å². The highest BCUT2D eigenvalue weighted by atomic mass is 16.2. The van der Waals surface area contributed by atoms with Gasteiger partial charge in [-0.3, -0.25) is 9.89 Å². The molecule has 22 heavy (non-hydrogen) atoms. The van der Waals surface area contributed by atoms with Crippen LogP contribution < -0.4 is 5.32 Å². The van der Waals surface area contributed by atoms with Crippen molar-refractivity contribution < 1.29 is 4.79 Å². The van der Waals surface area contributed by atoms with Crippen molar-refractivity contribution >= 4 is 34.1 Å². The standard InChI is InChI=1S/C17H10N4O/c18-8-11-2-1-3-13-14(17(22)20-16(11)13)6-10-4-5-12-9-19-21-15(12)7-10/h1-7,9H,(H,19,21)(H,20,22)/b14-6-. The predicted molar refractivity (Wildman–Crippen MR) is 83.8 cm³/mol. The van der Waals surface area contributed by atoms with E-state index in [-0.39, 0.29) is 5.91 Å². The lowest BCUT2D eigenvalue weighted by Crippen LogP contribution is -2.04. The lowest BCUT2D eigenvalue weighted by atomic mass is 10.0. The maximum absolute atomic E-state index is 12.2. The van der Waals surface area contributed by atoms with E-state index in [2.05, 4.69) is 21.6 Å². The quantitative estimate of drug-likeness (QED) is 0.675. The fourth-order valence-corrected chi connectivity index (χ4v) is 2.66. The van der Waals surface area contributed by atoms with Crippen molar-refractivity contribution in [3.8, 4) is 6.07 Å². The van der Waals surface area contributed by atoms with E-state index in [1.54, 1.807) is 18.3 Å². The predicted octanol–water partition coefficient (Wildman–Crippen LogP) is 2.93. The van der Waals surface area contributed by atoms with Gasteiger partial charge in [-0.25, -0.2) is 0 Å². The fourth-order valence-electron chi connectivity index (χ4n) is 2.66. The molecule has 2 N–H and O–H groups in total. The maximum atomic E-state index is 12.2. The van der Waals surface area contributed by atoms with Crippen LogP contribution in [0.15, 0.2) is 42.6 Å². The van der Waals surface area contributed by atoms with Gasteiger partial charge in [0.1, 0.15) is 6.07 Å². The summed E-state index contributed by atoms with van der Waals surface area (Å²) in [4.78, 5) is 12.2. The molecule has 1 aliphatic rings. The Kier molecular flexibility index (Phi) is 2.57. The number of nitrogens with zero attached hydrogens (tertiary/aromatic N) is 2. The summed E-state index contributed by atoms with van der Waals surface area (Å²) < 4.78 is 0. The number of carbonyl (C=O) groups is 1. The number of carbonyl (C=O) groups excluding carboxylic acids is 1. The second-order valence-corrected chi connectivity index (χ2v) is 5.07. The highest BCUT2D eigenvalue weighted by molar-refractivity contribution is 6.35. The Hall–Kier alpha value is -3.39. The van der Waals surface area contributed by atoms with Gasteiger partial charge in [-0.2, -0.15) is 10.4 Å². The number of fused-ring (bicyclic) bond motifs is 2. The number of amides is 1. The minimum Gasteiger partial charge on any atom is -0.320 e. The average Bonchev–Trinajstić information content (AvgIpc) is 3.12. The molecule has 0 unspecified atom stereocenters. The lowest BCUT2D eigenvalue weighted by Gasteiger charge is -2.00. The molecule has 5 heteroatoms. The first-order valence-electron chi connectivity index (χ1n) is 6.76. The van der Waals surface area contributed by atoms with Crippen LogP contribution >= 0.6 is 0 Å². The molecular weight excluding hydrogens is 276 g/mol. The van der Waals surface area contributed by atoms with Gasteiger partial charge in [-0.15, -0.1) is 0 Å². The minimum absolute atomic E-state index is 0.192. The lowest BCUT2D eigenvalue weighted by molar-refractivity contribution is -0.110. The largest absolute Gasteiger partial charge is 0.320 e. The number of aromatic amines is 1. The number of para-hydroxylation sites is 1. The SMILES string of the molecule is N#Cc1cccc2c1NC(=O)/C2=C\c1ccc2cn[nH]c2c1. The topological polar surface area (TPSA) is 81.6 Å². The van der Waals surface area contributed by atoms with Gasteiger partial charge in [0, 0.05) is 16.5 Å². The van der Waals surface area contributed by atoms with Crippen LogP contribution in [-0.2, 0) is 4.79 Å². The highest BCUT2D eigenvalue weighted by Gasteiger charge is 2.26. The van der Waals surface area contributed by atoms with E-state index in [0.29, 0.717) is 16.8 Å². The second-order valence-electron chi connectivity index (χ2n) is 5.07. The van der Waals surface area contributed by atoms with Gasteiger partial charge in [-0.05, 0) is 23.8 Å². The summed E-state index contributed by atoms with van der Waals surface area (Å²) >= 11 is 0. The first kappa shape index (κ1) is 12.4. The van der Waals surface area contributed by atoms with Crippen LogP contribution in [0.5, 0.6) is 0 Å². The highest BCUT2D eigenvalue weighted by Crippen LogP contribution is 2.35. The number of rotatable bonds is 1. The van der Waals surface area contributed by atoms with Gasteiger partial charge in [0.15, 0.2) is 0 Å².